The van der Waals surface area contributed by atoms with Gasteiger partial charge in [0.15, 0.2) is 11.5 Å². The lowest BCUT2D eigenvalue weighted by atomic mass is 10.2. The Hall–Kier alpha value is -4.40. The summed E-state index contributed by atoms with van der Waals surface area (Å²) in [5, 5.41) is 19.5. The first kappa shape index (κ1) is 20.9. The van der Waals surface area contributed by atoms with Crippen LogP contribution >= 0.6 is 0 Å². The monoisotopic (exact) mass is 429 g/mol. The molecule has 0 aliphatic rings. The van der Waals surface area contributed by atoms with Gasteiger partial charge < -0.3 is 21.3 Å². The number of nitrogens with one attached hydrogen (secondary N) is 4. The van der Waals surface area contributed by atoms with Gasteiger partial charge in [-0.3, -0.25) is 4.40 Å². The topological polar surface area (TPSA) is 112 Å². The van der Waals surface area contributed by atoms with Gasteiger partial charge in [-0.25, -0.2) is 9.59 Å². The number of anilines is 3. The van der Waals surface area contributed by atoms with Crippen LogP contribution in [-0.2, 0) is 0 Å². The molecule has 0 spiro atoms. The maximum atomic E-state index is 12.6. The molecule has 0 aliphatic heterocycles. The largest absolute Gasteiger partial charge is 0.328 e. The van der Waals surface area contributed by atoms with E-state index >= 15 is 0 Å². The Kier molecular flexibility index (Phi) is 5.98. The van der Waals surface area contributed by atoms with E-state index in [9.17, 15) is 9.59 Å². The second kappa shape index (κ2) is 9.17. The molecule has 0 fully saturated rings. The first-order chi connectivity index (χ1) is 15.5. The zero-order valence-corrected chi connectivity index (χ0v) is 17.7. The summed E-state index contributed by atoms with van der Waals surface area (Å²) in [5.41, 5.74) is 3.38. The highest BCUT2D eigenvalue weighted by Gasteiger charge is 2.16. The van der Waals surface area contributed by atoms with Crippen LogP contribution < -0.4 is 21.3 Å². The van der Waals surface area contributed by atoms with Gasteiger partial charge in [-0.2, -0.15) is 0 Å². The lowest BCUT2D eigenvalue weighted by molar-refractivity contribution is 0.249. The number of urea groups is 2. The zero-order valence-electron chi connectivity index (χ0n) is 17.7. The van der Waals surface area contributed by atoms with Crippen molar-refractivity contribution < 1.29 is 9.59 Å². The van der Waals surface area contributed by atoms with E-state index in [4.69, 9.17) is 0 Å². The number of benzene rings is 2. The fourth-order valence-corrected chi connectivity index (χ4v) is 3.22. The number of aryl methyl sites for hydroxylation is 1. The normalized spacial score (nSPS) is 11.6. The van der Waals surface area contributed by atoms with Gasteiger partial charge in [0.25, 0.3) is 0 Å². The standard InChI is InChI=1S/C23H23N7O2/c1-15-11-12-18(26-23(32)25-17-8-4-3-5-9-17)14-19(15)27-22(31)24-16(2)21-29-28-20-10-6-7-13-30(20)21/h3-14,16H,1-2H3,(H2,24,27,31)(H2,25,26,32). The van der Waals surface area contributed by atoms with Crippen LogP contribution in [0.3, 0.4) is 0 Å². The van der Waals surface area contributed by atoms with E-state index in [1.54, 1.807) is 24.3 Å². The maximum absolute atomic E-state index is 12.6. The van der Waals surface area contributed by atoms with Gasteiger partial charge in [-0.15, -0.1) is 10.2 Å². The number of hydrogen-bond donors (Lipinski definition) is 4. The number of amides is 4. The van der Waals surface area contributed by atoms with E-state index in [-0.39, 0.29) is 18.1 Å². The van der Waals surface area contributed by atoms with Gasteiger partial charge in [0.05, 0.1) is 6.04 Å². The summed E-state index contributed by atoms with van der Waals surface area (Å²) in [6.45, 7) is 3.71. The predicted molar refractivity (Wildman–Crippen MR) is 124 cm³/mol. The lowest BCUT2D eigenvalue weighted by Crippen LogP contribution is -2.32. The van der Waals surface area contributed by atoms with Crippen molar-refractivity contribution in [3.63, 3.8) is 0 Å². The third-order valence-electron chi connectivity index (χ3n) is 4.85. The van der Waals surface area contributed by atoms with Gasteiger partial charge in [0.2, 0.25) is 0 Å². The molecule has 4 amide bonds. The van der Waals surface area contributed by atoms with Crippen LogP contribution in [0.15, 0.2) is 72.9 Å². The van der Waals surface area contributed by atoms with E-state index < -0.39 is 0 Å². The molecule has 2 aromatic carbocycles. The molecule has 1 unspecified atom stereocenters. The number of rotatable bonds is 5. The summed E-state index contributed by atoms with van der Waals surface area (Å²) < 4.78 is 1.83. The minimum Gasteiger partial charge on any atom is -0.328 e. The van der Waals surface area contributed by atoms with E-state index in [1.165, 1.54) is 0 Å². The van der Waals surface area contributed by atoms with Crippen LogP contribution in [-0.4, -0.2) is 26.7 Å². The molecular weight excluding hydrogens is 406 g/mol. The lowest BCUT2D eigenvalue weighted by Gasteiger charge is -2.15. The summed E-state index contributed by atoms with van der Waals surface area (Å²) in [5.74, 6) is 0.625. The Balaban J connectivity index is 1.40. The molecule has 0 bridgehead atoms. The number of carbonyl (C=O) groups excluding carboxylic acids is 2. The molecule has 0 saturated heterocycles. The summed E-state index contributed by atoms with van der Waals surface area (Å²) >= 11 is 0. The van der Waals surface area contributed by atoms with Gasteiger partial charge in [0.1, 0.15) is 0 Å². The summed E-state index contributed by atoms with van der Waals surface area (Å²) in [6.07, 6.45) is 1.85. The minimum atomic E-state index is -0.390. The Morgan fingerprint density at radius 1 is 0.844 bits per heavy atom. The molecule has 0 aliphatic carbocycles. The van der Waals surface area contributed by atoms with Gasteiger partial charge in [-0.05, 0) is 55.8 Å². The Morgan fingerprint density at radius 2 is 1.59 bits per heavy atom. The third kappa shape index (κ3) is 4.84. The quantitative estimate of drug-likeness (QED) is 0.372. The van der Waals surface area contributed by atoms with Crippen molar-refractivity contribution in [1.82, 2.24) is 19.9 Å². The molecule has 1 atom stereocenters. The molecule has 4 aromatic rings. The molecule has 32 heavy (non-hydrogen) atoms. The van der Waals surface area contributed by atoms with Gasteiger partial charge in [-0.1, -0.05) is 30.3 Å². The summed E-state index contributed by atoms with van der Waals surface area (Å²) in [4.78, 5) is 24.8. The maximum Gasteiger partial charge on any atom is 0.323 e. The molecule has 9 heteroatoms. The minimum absolute atomic E-state index is 0.370. The van der Waals surface area contributed by atoms with Crippen LogP contribution in [0.25, 0.3) is 5.65 Å². The molecule has 0 saturated carbocycles. The van der Waals surface area contributed by atoms with Crippen LogP contribution in [0.2, 0.25) is 0 Å². The van der Waals surface area contributed by atoms with E-state index in [0.29, 0.717) is 28.5 Å². The SMILES string of the molecule is Cc1ccc(NC(=O)Nc2ccccc2)cc1NC(=O)NC(C)c1nnc2ccccn12. The second-order valence-electron chi connectivity index (χ2n) is 7.28. The Morgan fingerprint density at radius 3 is 2.41 bits per heavy atom. The highest BCUT2D eigenvalue weighted by molar-refractivity contribution is 6.00. The highest BCUT2D eigenvalue weighted by Crippen LogP contribution is 2.21. The second-order valence-corrected chi connectivity index (χ2v) is 7.28. The summed E-state index contributed by atoms with van der Waals surface area (Å²) in [7, 11) is 0. The fourth-order valence-electron chi connectivity index (χ4n) is 3.22. The van der Waals surface area contributed by atoms with Crippen molar-refractivity contribution in [1.29, 1.82) is 0 Å². The first-order valence-corrected chi connectivity index (χ1v) is 10.1. The van der Waals surface area contributed by atoms with Crippen LogP contribution in [0.4, 0.5) is 26.7 Å². The van der Waals surface area contributed by atoms with Crippen molar-refractivity contribution in [2.75, 3.05) is 16.0 Å². The molecule has 162 valence electrons. The Bertz CT molecular complexity index is 1250. The van der Waals surface area contributed by atoms with Crippen molar-refractivity contribution in [3.8, 4) is 0 Å². The number of carbonyl (C=O) groups is 2. The number of hydrogen-bond acceptors (Lipinski definition) is 4. The first-order valence-electron chi connectivity index (χ1n) is 10.1. The smallest absolute Gasteiger partial charge is 0.323 e. The summed E-state index contributed by atoms with van der Waals surface area (Å²) in [6, 6.07) is 18.9. The van der Waals surface area contributed by atoms with Crippen LogP contribution in [0.5, 0.6) is 0 Å². The van der Waals surface area contributed by atoms with Crippen molar-refractivity contribution >= 4 is 34.8 Å². The van der Waals surface area contributed by atoms with E-state index in [2.05, 4.69) is 31.5 Å². The molecule has 9 nitrogen and oxygen atoms in total. The number of aromatic nitrogens is 3. The molecule has 2 heterocycles. The number of nitrogens with zero attached hydrogens (tertiary/aromatic N) is 3. The van der Waals surface area contributed by atoms with Crippen LogP contribution in [0, 0.1) is 6.92 Å². The number of para-hydroxylation sites is 1. The number of pyridine rings is 1. The van der Waals surface area contributed by atoms with Crippen molar-refractivity contribution in [3.05, 3.63) is 84.3 Å². The average molecular weight is 429 g/mol. The molecule has 2 aromatic heterocycles. The fraction of sp³-hybridized carbons (Fsp3) is 0.130. The zero-order chi connectivity index (χ0) is 22.5. The number of fused-ring (bicyclic) bond motifs is 1. The van der Waals surface area contributed by atoms with Gasteiger partial charge >= 0.3 is 12.1 Å². The molecule has 0 radical (unpaired) electrons. The predicted octanol–water partition coefficient (Wildman–Crippen LogP) is 4.56. The van der Waals surface area contributed by atoms with Crippen LogP contribution in [0.1, 0.15) is 24.4 Å². The molecular formula is C23H23N7O2. The van der Waals surface area contributed by atoms with Gasteiger partial charge in [0, 0.05) is 23.3 Å². The Labute approximate surface area is 184 Å². The highest BCUT2D eigenvalue weighted by atomic mass is 16.2. The average Bonchev–Trinajstić information content (AvgIpc) is 3.21. The van der Waals surface area contributed by atoms with E-state index in [0.717, 1.165) is 5.56 Å². The van der Waals surface area contributed by atoms with Crippen molar-refractivity contribution in [2.45, 2.75) is 19.9 Å². The van der Waals surface area contributed by atoms with E-state index in [1.807, 2.05) is 66.9 Å². The molecule has 4 rings (SSSR count). The van der Waals surface area contributed by atoms with Crippen molar-refractivity contribution in [2.24, 2.45) is 0 Å². The third-order valence-corrected chi connectivity index (χ3v) is 4.85. The molecule has 4 N–H and O–H groups in total.